The maximum Gasteiger partial charge on any atom is 0.245 e. The van der Waals surface area contributed by atoms with Crippen LogP contribution in [0.2, 0.25) is 0 Å². The lowest BCUT2D eigenvalue weighted by Gasteiger charge is -2.17. The Morgan fingerprint density at radius 3 is 2.15 bits per heavy atom. The van der Waals surface area contributed by atoms with E-state index in [1.807, 2.05) is 72.8 Å². The molecular weight excluding hydrogens is 416 g/mol. The number of aromatic nitrogens is 2. The number of fused-ring (bicyclic) bond motifs is 5. The fraction of sp³-hybridized carbons (Fsp3) is 0.231. The molecule has 4 atom stereocenters. The lowest BCUT2D eigenvalue weighted by Crippen LogP contribution is -2.39. The number of benzene rings is 2. The number of nitrogens with one attached hydrogen (secondary N) is 1. The van der Waals surface area contributed by atoms with Crippen LogP contribution in [0.4, 0.5) is 5.82 Å². The first kappa shape index (κ1) is 19.7. The number of para-hydroxylation sites is 1. The van der Waals surface area contributed by atoms with E-state index < -0.39 is 5.91 Å². The lowest BCUT2D eigenvalue weighted by molar-refractivity contribution is -0.143. The Hall–Kier alpha value is -4.00. The quantitative estimate of drug-likeness (QED) is 0.489. The van der Waals surface area contributed by atoms with E-state index in [0.29, 0.717) is 11.5 Å². The van der Waals surface area contributed by atoms with Crippen molar-refractivity contribution in [1.29, 1.82) is 0 Å². The molecule has 1 saturated heterocycles. The van der Waals surface area contributed by atoms with E-state index in [-0.39, 0.29) is 42.0 Å². The molecule has 2 fully saturated rings. The monoisotopic (exact) mass is 438 g/mol. The first-order chi connectivity index (χ1) is 16.1. The molecule has 1 N–H and O–H groups in total. The van der Waals surface area contributed by atoms with Gasteiger partial charge in [-0.25, -0.2) is 4.68 Å². The Balaban J connectivity index is 1.26. The summed E-state index contributed by atoms with van der Waals surface area (Å²) in [7, 11) is 0. The highest BCUT2D eigenvalue weighted by Gasteiger charge is 2.59. The molecule has 2 heterocycles. The molecule has 4 unspecified atom stereocenters. The van der Waals surface area contributed by atoms with Gasteiger partial charge in [0.25, 0.3) is 0 Å². The zero-order chi connectivity index (χ0) is 22.5. The van der Waals surface area contributed by atoms with Gasteiger partial charge in [0.1, 0.15) is 12.4 Å². The third-order valence-corrected chi connectivity index (χ3v) is 6.91. The zero-order valence-electron chi connectivity index (χ0n) is 17.8. The highest BCUT2D eigenvalue weighted by Crippen LogP contribution is 2.52. The van der Waals surface area contributed by atoms with Crippen LogP contribution in [-0.4, -0.2) is 38.9 Å². The molecule has 2 bridgehead atoms. The van der Waals surface area contributed by atoms with Crippen LogP contribution in [0.25, 0.3) is 16.9 Å². The topological polar surface area (TPSA) is 84.3 Å². The fourth-order valence-corrected chi connectivity index (χ4v) is 5.43. The second-order valence-electron chi connectivity index (χ2n) is 8.84. The summed E-state index contributed by atoms with van der Waals surface area (Å²) in [5.41, 5.74) is 2.42. The van der Waals surface area contributed by atoms with Crippen LogP contribution in [0, 0.1) is 23.7 Å². The predicted octanol–water partition coefficient (Wildman–Crippen LogP) is 3.28. The molecule has 1 saturated carbocycles. The third-order valence-electron chi connectivity index (χ3n) is 6.91. The van der Waals surface area contributed by atoms with Gasteiger partial charge in [-0.3, -0.25) is 19.3 Å². The molecule has 1 aromatic heterocycles. The molecule has 7 heteroatoms. The van der Waals surface area contributed by atoms with Crippen molar-refractivity contribution in [1.82, 2.24) is 14.7 Å². The van der Waals surface area contributed by atoms with Gasteiger partial charge in [0, 0.05) is 11.6 Å². The number of rotatable bonds is 5. The summed E-state index contributed by atoms with van der Waals surface area (Å²) in [6, 6.07) is 21.0. The highest BCUT2D eigenvalue weighted by molar-refractivity contribution is 6.09. The standard InChI is InChI=1S/C26H22N4O3/c31-22(15-29-25(32)23-17-11-12-18(13-17)24(23)26(29)33)27-21-14-20(16-7-3-1-4-8-16)28-30(21)19-9-5-2-6-10-19/h1-12,14,17-18,23-24H,13,15H2,(H,27,31). The first-order valence-electron chi connectivity index (χ1n) is 11.1. The maximum absolute atomic E-state index is 13.0. The molecular formula is C26H22N4O3. The Kier molecular flexibility index (Phi) is 4.50. The van der Waals surface area contributed by atoms with Crippen LogP contribution in [-0.2, 0) is 14.4 Å². The van der Waals surface area contributed by atoms with Crippen LogP contribution in [0.3, 0.4) is 0 Å². The van der Waals surface area contributed by atoms with E-state index in [1.54, 1.807) is 10.7 Å². The van der Waals surface area contributed by atoms with Gasteiger partial charge in [-0.05, 0) is 30.4 Å². The first-order valence-corrected chi connectivity index (χ1v) is 11.1. The van der Waals surface area contributed by atoms with Crippen molar-refractivity contribution in [3.8, 4) is 16.9 Å². The average Bonchev–Trinajstić information content (AvgIpc) is 3.61. The molecule has 2 aliphatic carbocycles. The molecule has 2 aromatic carbocycles. The third kappa shape index (κ3) is 3.19. The van der Waals surface area contributed by atoms with Gasteiger partial charge in [0.2, 0.25) is 17.7 Å². The van der Waals surface area contributed by atoms with E-state index in [4.69, 9.17) is 0 Å². The number of amides is 3. The number of nitrogens with zero attached hydrogens (tertiary/aromatic N) is 3. The Labute approximate surface area is 190 Å². The fourth-order valence-electron chi connectivity index (χ4n) is 5.43. The second-order valence-corrected chi connectivity index (χ2v) is 8.84. The van der Waals surface area contributed by atoms with E-state index >= 15 is 0 Å². The number of carbonyl (C=O) groups excluding carboxylic acids is 3. The maximum atomic E-state index is 13.0. The van der Waals surface area contributed by atoms with Gasteiger partial charge in [0.15, 0.2) is 0 Å². The van der Waals surface area contributed by atoms with E-state index in [0.717, 1.165) is 22.6 Å². The number of hydrogen-bond acceptors (Lipinski definition) is 4. The van der Waals surface area contributed by atoms with Crippen molar-refractivity contribution in [2.24, 2.45) is 23.7 Å². The van der Waals surface area contributed by atoms with Crippen molar-refractivity contribution < 1.29 is 14.4 Å². The number of likely N-dealkylation sites (tertiary alicyclic amines) is 1. The number of anilines is 1. The van der Waals surface area contributed by atoms with Gasteiger partial charge >= 0.3 is 0 Å². The Morgan fingerprint density at radius 2 is 1.52 bits per heavy atom. The van der Waals surface area contributed by atoms with E-state index in [1.165, 1.54) is 0 Å². The molecule has 164 valence electrons. The Bertz CT molecular complexity index is 1250. The van der Waals surface area contributed by atoms with E-state index in [9.17, 15) is 14.4 Å². The zero-order valence-corrected chi connectivity index (χ0v) is 17.8. The van der Waals surface area contributed by atoms with Crippen molar-refractivity contribution in [2.75, 3.05) is 11.9 Å². The summed E-state index contributed by atoms with van der Waals surface area (Å²) in [5.74, 6) is -0.758. The molecule has 6 rings (SSSR count). The van der Waals surface area contributed by atoms with Crippen molar-refractivity contribution in [2.45, 2.75) is 6.42 Å². The molecule has 33 heavy (non-hydrogen) atoms. The molecule has 1 aliphatic heterocycles. The number of imide groups is 1. The molecule has 0 spiro atoms. The number of allylic oxidation sites excluding steroid dienone is 2. The summed E-state index contributed by atoms with van der Waals surface area (Å²) >= 11 is 0. The summed E-state index contributed by atoms with van der Waals surface area (Å²) in [6.07, 6.45) is 4.96. The van der Waals surface area contributed by atoms with Crippen molar-refractivity contribution >= 4 is 23.5 Å². The molecule has 0 radical (unpaired) electrons. The summed E-state index contributed by atoms with van der Waals surface area (Å²) in [6.45, 7) is -0.287. The van der Waals surface area contributed by atoms with Crippen molar-refractivity contribution in [3.05, 3.63) is 78.9 Å². The van der Waals surface area contributed by atoms with Gasteiger partial charge in [-0.2, -0.15) is 5.10 Å². The van der Waals surface area contributed by atoms with Crippen molar-refractivity contribution in [3.63, 3.8) is 0 Å². The van der Waals surface area contributed by atoms with Crippen LogP contribution in [0.15, 0.2) is 78.9 Å². The second kappa shape index (κ2) is 7.55. The van der Waals surface area contributed by atoms with Crippen LogP contribution >= 0.6 is 0 Å². The molecule has 3 amide bonds. The van der Waals surface area contributed by atoms with E-state index in [2.05, 4.69) is 10.4 Å². The number of carbonyl (C=O) groups is 3. The Morgan fingerprint density at radius 1 is 0.909 bits per heavy atom. The molecule has 7 nitrogen and oxygen atoms in total. The molecule has 3 aliphatic rings. The van der Waals surface area contributed by atoms with Crippen LogP contribution in [0.1, 0.15) is 6.42 Å². The highest BCUT2D eigenvalue weighted by atomic mass is 16.2. The number of hydrogen-bond donors (Lipinski definition) is 1. The van der Waals surface area contributed by atoms with Gasteiger partial charge in [0.05, 0.1) is 23.2 Å². The summed E-state index contributed by atoms with van der Waals surface area (Å²) in [5, 5.41) is 7.56. The predicted molar refractivity (Wildman–Crippen MR) is 122 cm³/mol. The van der Waals surface area contributed by atoms with Gasteiger partial charge in [-0.15, -0.1) is 0 Å². The molecule has 3 aromatic rings. The summed E-state index contributed by atoms with van der Waals surface area (Å²) < 4.78 is 1.66. The van der Waals surface area contributed by atoms with Gasteiger partial charge < -0.3 is 5.32 Å². The minimum atomic E-state index is -0.423. The smallest absolute Gasteiger partial charge is 0.245 e. The lowest BCUT2D eigenvalue weighted by atomic mass is 9.85. The minimum absolute atomic E-state index is 0.123. The van der Waals surface area contributed by atoms with Crippen LogP contribution in [0.5, 0.6) is 0 Å². The minimum Gasteiger partial charge on any atom is -0.309 e. The normalized spacial score (nSPS) is 25.0. The summed E-state index contributed by atoms with van der Waals surface area (Å²) in [4.78, 5) is 40.0. The largest absolute Gasteiger partial charge is 0.309 e. The van der Waals surface area contributed by atoms with Gasteiger partial charge in [-0.1, -0.05) is 60.7 Å². The van der Waals surface area contributed by atoms with Crippen LogP contribution < -0.4 is 5.32 Å². The average molecular weight is 438 g/mol. The SMILES string of the molecule is O=C(CN1C(=O)C2C3C=CC(C3)C2C1=O)Nc1cc(-c2ccccc2)nn1-c1ccccc1.